The highest BCUT2D eigenvalue weighted by atomic mass is 32.2. The lowest BCUT2D eigenvalue weighted by molar-refractivity contribution is -0.0502. The Kier molecular flexibility index (Phi) is 4.91. The second-order valence-corrected chi connectivity index (χ2v) is 9.37. The fourth-order valence-corrected chi connectivity index (χ4v) is 5.66. The lowest BCUT2D eigenvalue weighted by atomic mass is 10.1. The van der Waals surface area contributed by atoms with E-state index in [1.54, 1.807) is 24.4 Å². The van der Waals surface area contributed by atoms with E-state index < -0.39 is 10.0 Å². The van der Waals surface area contributed by atoms with Crippen LogP contribution in [0.15, 0.2) is 47.6 Å². The predicted molar refractivity (Wildman–Crippen MR) is 104 cm³/mol. The molecule has 8 nitrogen and oxygen atoms in total. The number of ether oxygens (including phenoxy) is 3. The van der Waals surface area contributed by atoms with Crippen LogP contribution in [-0.4, -0.2) is 74.2 Å². The Morgan fingerprint density at radius 1 is 1.07 bits per heavy atom. The van der Waals surface area contributed by atoms with Crippen LogP contribution in [0.5, 0.6) is 11.5 Å². The van der Waals surface area contributed by atoms with Crippen LogP contribution in [0.2, 0.25) is 0 Å². The zero-order chi connectivity index (χ0) is 19.8. The minimum atomic E-state index is -3.65. The van der Waals surface area contributed by atoms with Crippen LogP contribution >= 0.6 is 0 Å². The molecule has 2 atom stereocenters. The number of aromatic nitrogens is 1. The van der Waals surface area contributed by atoms with E-state index in [0.29, 0.717) is 44.4 Å². The van der Waals surface area contributed by atoms with Crippen molar-refractivity contribution in [2.45, 2.75) is 23.6 Å². The number of nitrogens with zero attached hydrogens (tertiary/aromatic N) is 3. The van der Waals surface area contributed by atoms with Crippen molar-refractivity contribution < 1.29 is 22.6 Å². The number of fused-ring (bicyclic) bond motifs is 2. The van der Waals surface area contributed by atoms with Gasteiger partial charge in [0.25, 0.3) is 0 Å². The number of morpholine rings is 1. The minimum Gasteiger partial charge on any atom is -0.486 e. The Bertz CT molecular complexity index is 985. The molecule has 5 rings (SSSR count). The largest absolute Gasteiger partial charge is 0.486 e. The van der Waals surface area contributed by atoms with E-state index in [1.807, 2.05) is 18.3 Å². The molecule has 0 amide bonds. The van der Waals surface area contributed by atoms with Gasteiger partial charge in [-0.1, -0.05) is 6.07 Å². The summed E-state index contributed by atoms with van der Waals surface area (Å²) in [6, 6.07) is 8.78. The van der Waals surface area contributed by atoms with Crippen LogP contribution in [-0.2, 0) is 21.3 Å². The molecular formula is C20H23N3O5S. The lowest BCUT2D eigenvalue weighted by Crippen LogP contribution is -2.50. The molecule has 2 aromatic rings. The predicted octanol–water partition coefficient (Wildman–Crippen LogP) is 1.13. The zero-order valence-corrected chi connectivity index (χ0v) is 16.8. The zero-order valence-electron chi connectivity index (χ0n) is 15.9. The topological polar surface area (TPSA) is 81.2 Å². The van der Waals surface area contributed by atoms with Gasteiger partial charge in [-0.2, -0.15) is 4.31 Å². The van der Waals surface area contributed by atoms with Crippen molar-refractivity contribution in [1.29, 1.82) is 0 Å². The van der Waals surface area contributed by atoms with Crippen molar-refractivity contribution in [3.63, 3.8) is 0 Å². The molecule has 0 unspecified atom stereocenters. The molecule has 0 saturated carbocycles. The molecule has 9 heteroatoms. The van der Waals surface area contributed by atoms with E-state index in [9.17, 15) is 8.42 Å². The normalized spacial score (nSPS) is 25.0. The third-order valence-corrected chi connectivity index (χ3v) is 7.47. The van der Waals surface area contributed by atoms with Gasteiger partial charge in [0.05, 0.1) is 23.6 Å². The second-order valence-electron chi connectivity index (χ2n) is 7.44. The summed E-state index contributed by atoms with van der Waals surface area (Å²) >= 11 is 0. The molecule has 3 aliphatic rings. The monoisotopic (exact) mass is 417 g/mol. The highest BCUT2D eigenvalue weighted by Gasteiger charge is 2.44. The van der Waals surface area contributed by atoms with Gasteiger partial charge in [-0.05, 0) is 23.8 Å². The third-order valence-electron chi connectivity index (χ3n) is 5.64. The molecule has 1 aromatic heterocycles. The number of rotatable bonds is 4. The average Bonchev–Trinajstić information content (AvgIpc) is 3.20. The van der Waals surface area contributed by atoms with Gasteiger partial charge >= 0.3 is 0 Å². The Morgan fingerprint density at radius 2 is 1.93 bits per heavy atom. The number of benzene rings is 1. The summed E-state index contributed by atoms with van der Waals surface area (Å²) in [6.45, 7) is 3.75. The van der Waals surface area contributed by atoms with Crippen molar-refractivity contribution >= 4 is 10.0 Å². The average molecular weight is 417 g/mol. The molecule has 0 aliphatic carbocycles. The molecule has 2 saturated heterocycles. The van der Waals surface area contributed by atoms with Crippen molar-refractivity contribution in [1.82, 2.24) is 14.2 Å². The SMILES string of the molecule is O=S(=O)(c1ccc2c(c1)OCCO2)N1C[C@@H]2OCCN(Cc3cccnc3)[C@H]2C1. The first-order valence-corrected chi connectivity index (χ1v) is 11.2. The van der Waals surface area contributed by atoms with Gasteiger partial charge in [0.15, 0.2) is 11.5 Å². The highest BCUT2D eigenvalue weighted by molar-refractivity contribution is 7.89. The minimum absolute atomic E-state index is 0.0240. The van der Waals surface area contributed by atoms with Crippen LogP contribution in [0.3, 0.4) is 0 Å². The van der Waals surface area contributed by atoms with Crippen molar-refractivity contribution in [3.05, 3.63) is 48.3 Å². The number of hydrogen-bond acceptors (Lipinski definition) is 7. The summed E-state index contributed by atoms with van der Waals surface area (Å²) in [5, 5.41) is 0. The van der Waals surface area contributed by atoms with E-state index in [1.165, 1.54) is 4.31 Å². The van der Waals surface area contributed by atoms with E-state index >= 15 is 0 Å². The van der Waals surface area contributed by atoms with Gasteiger partial charge in [0, 0.05) is 44.6 Å². The molecule has 0 radical (unpaired) electrons. The van der Waals surface area contributed by atoms with Gasteiger partial charge in [-0.15, -0.1) is 0 Å². The van der Waals surface area contributed by atoms with Crippen LogP contribution < -0.4 is 9.47 Å². The molecule has 1 aromatic carbocycles. The lowest BCUT2D eigenvalue weighted by Gasteiger charge is -2.36. The molecule has 0 spiro atoms. The van der Waals surface area contributed by atoms with Crippen molar-refractivity contribution in [2.24, 2.45) is 0 Å². The molecule has 0 N–H and O–H groups in total. The third kappa shape index (κ3) is 3.59. The van der Waals surface area contributed by atoms with E-state index in [2.05, 4.69) is 9.88 Å². The molecule has 2 fully saturated rings. The Morgan fingerprint density at radius 3 is 2.76 bits per heavy atom. The summed E-state index contributed by atoms with van der Waals surface area (Å²) in [7, 11) is -3.65. The smallest absolute Gasteiger partial charge is 0.243 e. The first-order valence-electron chi connectivity index (χ1n) is 9.75. The van der Waals surface area contributed by atoms with Crippen molar-refractivity contribution in [3.8, 4) is 11.5 Å². The van der Waals surface area contributed by atoms with Gasteiger partial charge in [-0.25, -0.2) is 8.42 Å². The number of hydrogen-bond donors (Lipinski definition) is 0. The summed E-state index contributed by atoms with van der Waals surface area (Å²) in [6.07, 6.45) is 3.47. The second kappa shape index (κ2) is 7.56. The molecule has 4 heterocycles. The first-order chi connectivity index (χ1) is 14.1. The van der Waals surface area contributed by atoms with E-state index in [0.717, 1.165) is 18.7 Å². The molecular weight excluding hydrogens is 394 g/mol. The van der Waals surface area contributed by atoms with Gasteiger partial charge in [0.2, 0.25) is 10.0 Å². The quantitative estimate of drug-likeness (QED) is 0.738. The van der Waals surface area contributed by atoms with Crippen LogP contribution in [0.1, 0.15) is 5.56 Å². The van der Waals surface area contributed by atoms with Gasteiger partial charge in [0.1, 0.15) is 13.2 Å². The maximum atomic E-state index is 13.3. The Balaban J connectivity index is 1.36. The highest BCUT2D eigenvalue weighted by Crippen LogP contribution is 2.35. The Hall–Kier alpha value is -2.20. The summed E-state index contributed by atoms with van der Waals surface area (Å²) in [5.74, 6) is 1.06. The van der Waals surface area contributed by atoms with E-state index in [4.69, 9.17) is 14.2 Å². The van der Waals surface area contributed by atoms with Crippen LogP contribution in [0.25, 0.3) is 0 Å². The van der Waals surface area contributed by atoms with Crippen LogP contribution in [0.4, 0.5) is 0 Å². The van der Waals surface area contributed by atoms with Gasteiger partial charge < -0.3 is 14.2 Å². The molecule has 154 valence electrons. The fourth-order valence-electron chi connectivity index (χ4n) is 4.18. The maximum absolute atomic E-state index is 13.3. The Labute approximate surface area is 170 Å². The standard InChI is InChI=1S/C20H23N3O5S/c24-29(25,16-3-4-18-19(10-16)28-9-8-27-18)23-13-17-20(14-23)26-7-6-22(17)12-15-2-1-5-21-11-15/h1-5,10-11,17,20H,6-9,12-14H2/t17-,20-/m0/s1. The van der Waals surface area contributed by atoms with Crippen molar-refractivity contribution in [2.75, 3.05) is 39.5 Å². The van der Waals surface area contributed by atoms with Crippen LogP contribution in [0, 0.1) is 0 Å². The van der Waals surface area contributed by atoms with E-state index in [-0.39, 0.29) is 17.0 Å². The van der Waals surface area contributed by atoms with Gasteiger partial charge in [-0.3, -0.25) is 9.88 Å². The molecule has 29 heavy (non-hydrogen) atoms. The summed E-state index contributed by atoms with van der Waals surface area (Å²) < 4.78 is 45.0. The summed E-state index contributed by atoms with van der Waals surface area (Å²) in [5.41, 5.74) is 1.11. The number of sulfonamides is 1. The first kappa shape index (κ1) is 18.8. The molecule has 3 aliphatic heterocycles. The molecule has 0 bridgehead atoms. The number of pyridine rings is 1. The maximum Gasteiger partial charge on any atom is 0.243 e. The summed E-state index contributed by atoms with van der Waals surface area (Å²) in [4.78, 5) is 6.70. The fraction of sp³-hybridized carbons (Fsp3) is 0.450.